The first-order valence-electron chi connectivity index (χ1n) is 8.14. The molecule has 0 saturated carbocycles. The molecule has 3 heterocycles. The Morgan fingerprint density at radius 2 is 1.83 bits per heavy atom. The van der Waals surface area contributed by atoms with Crippen molar-refractivity contribution in [2.75, 3.05) is 13.7 Å². The molecule has 0 aliphatic carbocycles. The van der Waals surface area contributed by atoms with Gasteiger partial charge in [0.2, 0.25) is 0 Å². The topological polar surface area (TPSA) is 57.8 Å². The van der Waals surface area contributed by atoms with Crippen LogP contribution in [0.1, 0.15) is 37.2 Å². The van der Waals surface area contributed by atoms with Crippen molar-refractivity contribution in [3.8, 4) is 0 Å². The van der Waals surface area contributed by atoms with Crippen LogP contribution in [-0.4, -0.2) is 47.8 Å². The van der Waals surface area contributed by atoms with Crippen molar-refractivity contribution in [3.05, 3.63) is 35.9 Å². The fraction of sp³-hybridized carbons (Fsp3) is 0.647. The van der Waals surface area contributed by atoms with Crippen molar-refractivity contribution in [2.24, 2.45) is 0 Å². The van der Waals surface area contributed by atoms with Crippen LogP contribution in [0, 0.1) is 0 Å². The van der Waals surface area contributed by atoms with E-state index in [2.05, 4.69) is 11.9 Å². The van der Waals surface area contributed by atoms with E-state index in [4.69, 9.17) is 14.5 Å². The summed E-state index contributed by atoms with van der Waals surface area (Å²) < 4.78 is 6.20. The minimum Gasteiger partial charge on any atom is -0.395 e. The molecule has 3 aliphatic heterocycles. The van der Waals surface area contributed by atoms with Gasteiger partial charge in [-0.2, -0.15) is 9.78 Å². The molecule has 5 nitrogen and oxygen atoms in total. The summed E-state index contributed by atoms with van der Waals surface area (Å²) in [5.74, 6) is -1.41. The molecule has 4 atom stereocenters. The third kappa shape index (κ3) is 3.14. The molecule has 1 aromatic carbocycles. The van der Waals surface area contributed by atoms with Gasteiger partial charge in [-0.15, -0.1) is 12.4 Å². The molecular formula is C17H24ClNO4. The summed E-state index contributed by atoms with van der Waals surface area (Å²) in [7, 11) is 2.21. The highest BCUT2D eigenvalue weighted by Gasteiger charge is 2.60. The Morgan fingerprint density at radius 3 is 2.35 bits per heavy atom. The highest BCUT2D eigenvalue weighted by Crippen LogP contribution is 2.47. The Hall–Kier alpha value is -0.690. The number of aliphatic hydroxyl groups is 1. The number of benzene rings is 1. The van der Waals surface area contributed by atoms with E-state index < -0.39 is 5.97 Å². The van der Waals surface area contributed by atoms with Gasteiger partial charge in [0, 0.05) is 12.1 Å². The number of fused-ring (bicyclic) bond motifs is 2. The quantitative estimate of drug-likeness (QED) is 0.658. The summed E-state index contributed by atoms with van der Waals surface area (Å²) in [4.78, 5) is 12.9. The third-order valence-electron chi connectivity index (χ3n) is 5.44. The number of piperidine rings is 1. The van der Waals surface area contributed by atoms with Gasteiger partial charge < -0.3 is 14.7 Å². The molecule has 1 unspecified atom stereocenters. The molecular weight excluding hydrogens is 318 g/mol. The van der Waals surface area contributed by atoms with E-state index in [1.807, 2.05) is 30.3 Å². The second-order valence-corrected chi connectivity index (χ2v) is 6.68. The van der Waals surface area contributed by atoms with Crippen LogP contribution in [0.3, 0.4) is 0 Å². The lowest BCUT2D eigenvalue weighted by Gasteiger charge is -2.37. The average Bonchev–Trinajstić information content (AvgIpc) is 3.27. The highest BCUT2D eigenvalue weighted by molar-refractivity contribution is 5.85. The van der Waals surface area contributed by atoms with E-state index in [0.29, 0.717) is 12.1 Å². The second kappa shape index (κ2) is 6.67. The number of hydrogen-bond donors (Lipinski definition) is 1. The first-order valence-corrected chi connectivity index (χ1v) is 8.14. The van der Waals surface area contributed by atoms with Gasteiger partial charge >= 0.3 is 5.97 Å². The van der Waals surface area contributed by atoms with Crippen LogP contribution >= 0.6 is 12.4 Å². The predicted molar refractivity (Wildman–Crippen MR) is 87.1 cm³/mol. The molecule has 2 bridgehead atoms. The third-order valence-corrected chi connectivity index (χ3v) is 5.44. The summed E-state index contributed by atoms with van der Waals surface area (Å²) in [5, 5.41) is 9.79. The van der Waals surface area contributed by atoms with Gasteiger partial charge in [0.15, 0.2) is 0 Å². The van der Waals surface area contributed by atoms with E-state index in [-0.39, 0.29) is 31.0 Å². The maximum atomic E-state index is 9.79. The summed E-state index contributed by atoms with van der Waals surface area (Å²) in [6, 6.07) is 11.0. The molecule has 0 radical (unpaired) electrons. The van der Waals surface area contributed by atoms with Gasteiger partial charge in [0.1, 0.15) is 0 Å². The number of halogens is 1. The fourth-order valence-electron chi connectivity index (χ4n) is 4.08. The van der Waals surface area contributed by atoms with Gasteiger partial charge in [-0.05, 0) is 38.3 Å². The predicted octanol–water partition coefficient (Wildman–Crippen LogP) is 2.44. The van der Waals surface area contributed by atoms with Crippen LogP contribution in [0.25, 0.3) is 0 Å². The molecule has 128 valence electrons. The van der Waals surface area contributed by atoms with E-state index in [1.54, 1.807) is 0 Å². The largest absolute Gasteiger partial charge is 0.395 e. The number of hydrogen-bond acceptors (Lipinski definition) is 5. The Labute approximate surface area is 142 Å². The fourth-order valence-corrected chi connectivity index (χ4v) is 4.08. The van der Waals surface area contributed by atoms with E-state index >= 15 is 0 Å². The van der Waals surface area contributed by atoms with Crippen molar-refractivity contribution in [2.45, 2.75) is 55.8 Å². The molecule has 1 aromatic rings. The van der Waals surface area contributed by atoms with E-state index in [0.717, 1.165) is 18.4 Å². The Kier molecular flexibility index (Phi) is 4.97. The Bertz CT molecular complexity index is 511. The zero-order valence-electron chi connectivity index (χ0n) is 13.3. The summed E-state index contributed by atoms with van der Waals surface area (Å²) in [5.41, 5.74) is 0.971. The molecule has 23 heavy (non-hydrogen) atoms. The standard InChI is InChI=1S/C17H23NO4.ClH/c1-18-13-7-8-14(18)10-15(9-13)20-17(21-22-17)16(11-19)12-5-3-2-4-6-12;/h2-6,13-16,19H,7-11H2,1H3;1H/t13-,14+,15+,16?;. The number of ether oxygens (including phenoxy) is 1. The van der Waals surface area contributed by atoms with Crippen LogP contribution in [0.2, 0.25) is 0 Å². The number of aliphatic hydroxyl groups excluding tert-OH is 1. The van der Waals surface area contributed by atoms with Crippen molar-refractivity contribution in [1.82, 2.24) is 4.90 Å². The molecule has 3 aliphatic rings. The molecule has 1 N–H and O–H groups in total. The van der Waals surface area contributed by atoms with Crippen molar-refractivity contribution in [1.29, 1.82) is 0 Å². The monoisotopic (exact) mass is 341 g/mol. The molecule has 3 fully saturated rings. The van der Waals surface area contributed by atoms with Crippen molar-refractivity contribution >= 4 is 12.4 Å². The first kappa shape index (κ1) is 17.1. The minimum atomic E-state index is -1.10. The van der Waals surface area contributed by atoms with Crippen LogP contribution in [0.4, 0.5) is 0 Å². The normalized spacial score (nSPS) is 33.0. The van der Waals surface area contributed by atoms with Crippen LogP contribution in [0.5, 0.6) is 0 Å². The van der Waals surface area contributed by atoms with E-state index in [9.17, 15) is 5.11 Å². The Balaban J connectivity index is 0.00000156. The minimum absolute atomic E-state index is 0. The maximum Gasteiger partial charge on any atom is 0.349 e. The highest BCUT2D eigenvalue weighted by atomic mass is 35.5. The lowest BCUT2D eigenvalue weighted by molar-refractivity contribution is -0.145. The molecule has 0 aromatic heterocycles. The Morgan fingerprint density at radius 1 is 1.22 bits per heavy atom. The van der Waals surface area contributed by atoms with Gasteiger partial charge in [-0.3, -0.25) is 0 Å². The lowest BCUT2D eigenvalue weighted by atomic mass is 9.96. The van der Waals surface area contributed by atoms with Crippen LogP contribution in [-0.2, 0) is 14.5 Å². The van der Waals surface area contributed by atoms with Gasteiger partial charge in [-0.1, -0.05) is 30.3 Å². The van der Waals surface area contributed by atoms with Crippen LogP contribution in [0.15, 0.2) is 30.3 Å². The van der Waals surface area contributed by atoms with Crippen LogP contribution < -0.4 is 0 Å². The van der Waals surface area contributed by atoms with Gasteiger partial charge in [-0.25, -0.2) is 0 Å². The average molecular weight is 342 g/mol. The molecule has 0 spiro atoms. The molecule has 6 heteroatoms. The first-order chi connectivity index (χ1) is 10.7. The van der Waals surface area contributed by atoms with Gasteiger partial charge in [0.25, 0.3) is 0 Å². The van der Waals surface area contributed by atoms with E-state index in [1.165, 1.54) is 12.8 Å². The SMILES string of the molecule is CN1[C@@H]2CC[C@H]1C[C@@H](OC1(C(CO)c3ccccc3)OO1)C2.Cl. The summed E-state index contributed by atoms with van der Waals surface area (Å²) in [6.45, 7) is -0.0660. The van der Waals surface area contributed by atoms with Crippen molar-refractivity contribution in [3.63, 3.8) is 0 Å². The second-order valence-electron chi connectivity index (χ2n) is 6.68. The smallest absolute Gasteiger partial charge is 0.349 e. The lowest BCUT2D eigenvalue weighted by Crippen LogP contribution is -2.45. The van der Waals surface area contributed by atoms with Gasteiger partial charge in [0.05, 0.1) is 18.6 Å². The summed E-state index contributed by atoms with van der Waals surface area (Å²) >= 11 is 0. The molecule has 3 saturated heterocycles. The number of nitrogens with zero attached hydrogens (tertiary/aromatic N) is 1. The zero-order valence-corrected chi connectivity index (χ0v) is 14.1. The molecule has 4 rings (SSSR count). The van der Waals surface area contributed by atoms with Crippen molar-refractivity contribution < 1.29 is 19.6 Å². The number of rotatable bonds is 5. The zero-order chi connectivity index (χ0) is 15.2. The molecule has 0 amide bonds. The summed E-state index contributed by atoms with van der Waals surface area (Å²) in [6.07, 6.45) is 4.65. The maximum absolute atomic E-state index is 9.79.